The molecule has 0 radical (unpaired) electrons. The largest absolute Gasteiger partial charge is 0.494 e. The highest BCUT2D eigenvalue weighted by Crippen LogP contribution is 2.46. The first-order chi connectivity index (χ1) is 17.1. The number of fused-ring (bicyclic) bond motifs is 1. The van der Waals surface area contributed by atoms with Crippen LogP contribution in [0.25, 0.3) is 5.57 Å². The van der Waals surface area contributed by atoms with E-state index in [0.717, 1.165) is 11.8 Å². The second-order valence-corrected chi connectivity index (χ2v) is 11.4. The number of nitrogens with one attached hydrogen (secondary N) is 1. The number of nitrogens with zero attached hydrogens (tertiary/aromatic N) is 1. The number of carbonyl (C=O) groups excluding carboxylic acids is 3. The molecule has 0 spiro atoms. The maximum atomic E-state index is 13.5. The second kappa shape index (κ2) is 10.5. The SMILES string of the molecule is CCOc1ccc(NC(=O)CN2C(=O)/C(=C3\SC(=S)C(CCS(=O)(=O)O)C3=O)c3ccccc32)cc1. The number of benzene rings is 2. The van der Waals surface area contributed by atoms with Gasteiger partial charge in [-0.25, -0.2) is 0 Å². The maximum Gasteiger partial charge on any atom is 0.264 e. The van der Waals surface area contributed by atoms with Gasteiger partial charge in [0.15, 0.2) is 5.78 Å². The van der Waals surface area contributed by atoms with Crippen molar-refractivity contribution in [3.05, 3.63) is 59.0 Å². The van der Waals surface area contributed by atoms with Crippen LogP contribution in [0.4, 0.5) is 11.4 Å². The summed E-state index contributed by atoms with van der Waals surface area (Å²) in [6.45, 7) is 2.11. The summed E-state index contributed by atoms with van der Waals surface area (Å²) in [5.41, 5.74) is 1.64. The predicted molar refractivity (Wildman–Crippen MR) is 142 cm³/mol. The Balaban J connectivity index is 1.57. The van der Waals surface area contributed by atoms with Crippen molar-refractivity contribution in [1.82, 2.24) is 0 Å². The summed E-state index contributed by atoms with van der Waals surface area (Å²) in [6, 6.07) is 13.6. The molecular formula is C24H22N2O7S3. The van der Waals surface area contributed by atoms with Gasteiger partial charge in [0, 0.05) is 11.3 Å². The Kier molecular flexibility index (Phi) is 7.59. The number of amides is 2. The average Bonchev–Trinajstić information content (AvgIpc) is 3.25. The second-order valence-electron chi connectivity index (χ2n) is 8.03. The molecule has 2 amide bonds. The number of ether oxygens (including phenoxy) is 1. The van der Waals surface area contributed by atoms with E-state index in [1.165, 1.54) is 4.90 Å². The van der Waals surface area contributed by atoms with Crippen LogP contribution < -0.4 is 15.0 Å². The molecule has 1 unspecified atom stereocenters. The predicted octanol–water partition coefficient (Wildman–Crippen LogP) is 3.32. The zero-order chi connectivity index (χ0) is 26.0. The molecule has 2 aliphatic rings. The fraction of sp³-hybridized carbons (Fsp3) is 0.250. The van der Waals surface area contributed by atoms with Gasteiger partial charge in [0.05, 0.1) is 38.6 Å². The van der Waals surface area contributed by atoms with E-state index in [4.69, 9.17) is 21.5 Å². The molecule has 1 saturated heterocycles. The monoisotopic (exact) mass is 546 g/mol. The lowest BCUT2D eigenvalue weighted by Gasteiger charge is -2.17. The summed E-state index contributed by atoms with van der Waals surface area (Å²) in [5.74, 6) is -2.27. The van der Waals surface area contributed by atoms with Gasteiger partial charge in [-0.05, 0) is 43.7 Å². The van der Waals surface area contributed by atoms with Crippen molar-refractivity contribution in [3.63, 3.8) is 0 Å². The number of hydrogen-bond acceptors (Lipinski definition) is 8. The number of hydrogen-bond donors (Lipinski definition) is 2. The summed E-state index contributed by atoms with van der Waals surface area (Å²) in [6.07, 6.45) is -0.176. The summed E-state index contributed by atoms with van der Waals surface area (Å²) in [4.78, 5) is 40.8. The summed E-state index contributed by atoms with van der Waals surface area (Å²) < 4.78 is 37.0. The Morgan fingerprint density at radius 2 is 1.86 bits per heavy atom. The van der Waals surface area contributed by atoms with Crippen molar-refractivity contribution in [2.45, 2.75) is 13.3 Å². The first-order valence-corrected chi connectivity index (χ1v) is 13.8. The molecule has 2 aliphatic heterocycles. The third-order valence-electron chi connectivity index (χ3n) is 5.59. The molecular weight excluding hydrogens is 524 g/mol. The molecule has 2 aromatic rings. The molecule has 1 fully saturated rings. The van der Waals surface area contributed by atoms with Crippen LogP contribution in [-0.4, -0.2) is 53.7 Å². The summed E-state index contributed by atoms with van der Waals surface area (Å²) in [5, 5.41) is 2.75. The average molecular weight is 547 g/mol. The molecule has 36 heavy (non-hydrogen) atoms. The molecule has 12 heteroatoms. The topological polar surface area (TPSA) is 130 Å². The third-order valence-corrected chi connectivity index (χ3v) is 7.97. The van der Waals surface area contributed by atoms with E-state index in [2.05, 4.69) is 5.32 Å². The molecule has 0 aliphatic carbocycles. The lowest BCUT2D eigenvalue weighted by molar-refractivity contribution is -0.118. The van der Waals surface area contributed by atoms with E-state index >= 15 is 0 Å². The van der Waals surface area contributed by atoms with Gasteiger partial charge < -0.3 is 10.1 Å². The van der Waals surface area contributed by atoms with Crippen LogP contribution in [0.5, 0.6) is 5.75 Å². The van der Waals surface area contributed by atoms with Gasteiger partial charge in [0.1, 0.15) is 12.3 Å². The minimum absolute atomic E-state index is 0.118. The molecule has 0 aromatic heterocycles. The maximum absolute atomic E-state index is 13.5. The zero-order valence-corrected chi connectivity index (χ0v) is 21.5. The van der Waals surface area contributed by atoms with Gasteiger partial charge in [-0.3, -0.25) is 23.8 Å². The van der Waals surface area contributed by atoms with Crippen molar-refractivity contribution in [2.24, 2.45) is 5.92 Å². The normalized spacial score (nSPS) is 19.6. The first-order valence-electron chi connectivity index (χ1n) is 11.0. The molecule has 9 nitrogen and oxygen atoms in total. The smallest absolute Gasteiger partial charge is 0.264 e. The van der Waals surface area contributed by atoms with E-state index in [9.17, 15) is 22.8 Å². The number of ketones is 1. The number of para-hydroxylation sites is 1. The van der Waals surface area contributed by atoms with Crippen molar-refractivity contribution < 1.29 is 32.1 Å². The first kappa shape index (κ1) is 26.0. The van der Waals surface area contributed by atoms with Gasteiger partial charge >= 0.3 is 0 Å². The van der Waals surface area contributed by atoms with E-state index in [-0.39, 0.29) is 27.6 Å². The van der Waals surface area contributed by atoms with Crippen molar-refractivity contribution in [2.75, 3.05) is 29.1 Å². The summed E-state index contributed by atoms with van der Waals surface area (Å²) in [7, 11) is -4.27. The molecule has 0 bridgehead atoms. The highest BCUT2D eigenvalue weighted by atomic mass is 32.2. The number of thioether (sulfide) groups is 1. The Bertz CT molecular complexity index is 1380. The molecule has 2 aromatic carbocycles. The molecule has 2 heterocycles. The Labute approximate surface area is 217 Å². The lowest BCUT2D eigenvalue weighted by Crippen LogP contribution is -2.35. The minimum atomic E-state index is -4.27. The molecule has 1 atom stereocenters. The highest BCUT2D eigenvalue weighted by molar-refractivity contribution is 8.27. The quantitative estimate of drug-likeness (QED) is 0.291. The Hall–Kier alpha value is -3.06. The van der Waals surface area contributed by atoms with Crippen LogP contribution in [0.2, 0.25) is 0 Å². The standard InChI is InChI=1S/C24H22N2O7S3/c1-2-33-15-9-7-14(8-10-15)25-19(27)13-26-18-6-4-3-5-16(18)20(23(26)29)22-21(28)17(24(34)35-22)11-12-36(30,31)32/h3-10,17H,2,11-13H2,1H3,(H,25,27)(H,30,31,32)/b22-20-. The molecule has 188 valence electrons. The number of thiocarbonyl (C=S) groups is 1. The Morgan fingerprint density at radius 1 is 1.17 bits per heavy atom. The number of rotatable bonds is 8. The van der Waals surface area contributed by atoms with E-state index in [0.29, 0.717) is 29.3 Å². The van der Waals surface area contributed by atoms with Gasteiger partial charge in [0.2, 0.25) is 5.91 Å². The van der Waals surface area contributed by atoms with Crippen LogP contribution in [0.15, 0.2) is 53.4 Å². The molecule has 2 N–H and O–H groups in total. The Morgan fingerprint density at radius 3 is 2.53 bits per heavy atom. The summed E-state index contributed by atoms with van der Waals surface area (Å²) >= 11 is 6.24. The van der Waals surface area contributed by atoms with Gasteiger partial charge in [-0.1, -0.05) is 42.2 Å². The van der Waals surface area contributed by atoms with E-state index < -0.39 is 39.4 Å². The highest BCUT2D eigenvalue weighted by Gasteiger charge is 2.43. The minimum Gasteiger partial charge on any atom is -0.494 e. The van der Waals surface area contributed by atoms with Gasteiger partial charge in [-0.15, -0.1) is 0 Å². The molecule has 4 rings (SSSR count). The van der Waals surface area contributed by atoms with Crippen molar-refractivity contribution in [3.8, 4) is 5.75 Å². The van der Waals surface area contributed by atoms with E-state index in [1.807, 2.05) is 6.92 Å². The van der Waals surface area contributed by atoms with Crippen molar-refractivity contribution in [1.29, 1.82) is 0 Å². The van der Waals surface area contributed by atoms with Crippen LogP contribution >= 0.6 is 24.0 Å². The molecule has 0 saturated carbocycles. The lowest BCUT2D eigenvalue weighted by atomic mass is 9.98. The van der Waals surface area contributed by atoms with Crippen LogP contribution in [0.1, 0.15) is 18.9 Å². The number of anilines is 2. The van der Waals surface area contributed by atoms with Crippen LogP contribution in [0, 0.1) is 5.92 Å². The van der Waals surface area contributed by atoms with Gasteiger partial charge in [0.25, 0.3) is 16.0 Å². The van der Waals surface area contributed by atoms with Gasteiger partial charge in [-0.2, -0.15) is 8.42 Å². The fourth-order valence-corrected chi connectivity index (χ4v) is 6.10. The number of allylic oxidation sites excluding steroid dienone is 1. The van der Waals surface area contributed by atoms with Crippen molar-refractivity contribution >= 4 is 72.8 Å². The third kappa shape index (κ3) is 5.51. The fourth-order valence-electron chi connectivity index (χ4n) is 3.98. The zero-order valence-electron chi connectivity index (χ0n) is 19.1. The van der Waals surface area contributed by atoms with E-state index in [1.54, 1.807) is 48.5 Å². The number of carbonyl (C=O) groups is 3. The van der Waals surface area contributed by atoms with Crippen LogP contribution in [0.3, 0.4) is 0 Å². The number of Topliss-reactive ketones (excluding diaryl/α,β-unsaturated/α-hetero) is 1. The van der Waals surface area contributed by atoms with Crippen LogP contribution in [-0.2, 0) is 24.5 Å².